The highest BCUT2D eigenvalue weighted by Crippen LogP contribution is 2.22. The molecule has 28 heavy (non-hydrogen) atoms. The molecule has 1 atom stereocenters. The third kappa shape index (κ3) is 4.90. The monoisotopic (exact) mass is 407 g/mol. The standard InChI is InChI=1S/C20H26ClN3O4/c1-5-11-24(17(25)9-10-18(26)28-6-2)13(3)19-22-16-8-7-14(21)12-15(16)20(27)23(19)4/h7-8,12-13H,5-6,9-11H2,1-4H3. The summed E-state index contributed by atoms with van der Waals surface area (Å²) in [7, 11) is 1.63. The Morgan fingerprint density at radius 1 is 1.29 bits per heavy atom. The smallest absolute Gasteiger partial charge is 0.306 e. The van der Waals surface area contributed by atoms with Crippen molar-refractivity contribution in [1.82, 2.24) is 14.5 Å². The fourth-order valence-corrected chi connectivity index (χ4v) is 3.31. The second kappa shape index (κ2) is 9.68. The average molecular weight is 408 g/mol. The van der Waals surface area contributed by atoms with Gasteiger partial charge in [-0.05, 0) is 38.5 Å². The number of aromatic nitrogens is 2. The number of hydrogen-bond acceptors (Lipinski definition) is 5. The van der Waals surface area contributed by atoms with E-state index >= 15 is 0 Å². The number of halogens is 1. The Balaban J connectivity index is 2.34. The summed E-state index contributed by atoms with van der Waals surface area (Å²) in [5.41, 5.74) is 0.314. The van der Waals surface area contributed by atoms with E-state index in [4.69, 9.17) is 16.3 Å². The van der Waals surface area contributed by atoms with Crippen LogP contribution in [0.4, 0.5) is 0 Å². The molecule has 1 amide bonds. The number of hydrogen-bond donors (Lipinski definition) is 0. The number of nitrogens with zero attached hydrogens (tertiary/aromatic N) is 3. The van der Waals surface area contributed by atoms with E-state index in [0.29, 0.717) is 28.3 Å². The molecule has 0 saturated heterocycles. The Morgan fingerprint density at radius 2 is 2.00 bits per heavy atom. The number of amides is 1. The summed E-state index contributed by atoms with van der Waals surface area (Å²) in [6, 6.07) is 4.54. The Labute approximate surface area is 169 Å². The zero-order valence-corrected chi connectivity index (χ0v) is 17.5. The van der Waals surface area contributed by atoms with Crippen LogP contribution >= 0.6 is 11.6 Å². The van der Waals surface area contributed by atoms with Crippen LogP contribution in [0.1, 0.15) is 51.9 Å². The van der Waals surface area contributed by atoms with Crippen molar-refractivity contribution in [2.75, 3.05) is 13.2 Å². The van der Waals surface area contributed by atoms with Gasteiger partial charge < -0.3 is 9.64 Å². The number of esters is 1. The molecule has 2 rings (SSSR count). The van der Waals surface area contributed by atoms with Crippen LogP contribution in [0.2, 0.25) is 5.02 Å². The van der Waals surface area contributed by atoms with Gasteiger partial charge in [0.15, 0.2) is 0 Å². The van der Waals surface area contributed by atoms with Crippen molar-refractivity contribution in [3.8, 4) is 0 Å². The Morgan fingerprint density at radius 3 is 2.64 bits per heavy atom. The first-order valence-corrected chi connectivity index (χ1v) is 9.79. The summed E-state index contributed by atoms with van der Waals surface area (Å²) in [6.07, 6.45) is 0.828. The first-order valence-electron chi connectivity index (χ1n) is 9.41. The lowest BCUT2D eigenvalue weighted by molar-refractivity contribution is -0.146. The SMILES string of the molecule is CCCN(C(=O)CCC(=O)OCC)C(C)c1nc2ccc(Cl)cc2c(=O)n1C. The maximum Gasteiger partial charge on any atom is 0.306 e. The molecule has 0 bridgehead atoms. The summed E-state index contributed by atoms with van der Waals surface area (Å²) in [6.45, 7) is 6.31. The van der Waals surface area contributed by atoms with Crippen molar-refractivity contribution >= 4 is 34.4 Å². The molecule has 8 heteroatoms. The fourth-order valence-electron chi connectivity index (χ4n) is 3.13. The summed E-state index contributed by atoms with van der Waals surface area (Å²) >= 11 is 5.99. The van der Waals surface area contributed by atoms with E-state index in [0.717, 1.165) is 6.42 Å². The minimum absolute atomic E-state index is 0.0299. The van der Waals surface area contributed by atoms with Crippen LogP contribution in [0.5, 0.6) is 0 Å². The molecule has 0 aliphatic rings. The van der Waals surface area contributed by atoms with Gasteiger partial charge in [0.2, 0.25) is 5.91 Å². The van der Waals surface area contributed by atoms with Gasteiger partial charge in [0.25, 0.3) is 5.56 Å². The molecule has 0 aliphatic carbocycles. The predicted molar refractivity (Wildman–Crippen MR) is 108 cm³/mol. The molecule has 0 aliphatic heterocycles. The second-order valence-corrected chi connectivity index (χ2v) is 7.00. The first kappa shape index (κ1) is 21.9. The van der Waals surface area contributed by atoms with Crippen LogP contribution in [-0.2, 0) is 21.4 Å². The van der Waals surface area contributed by atoms with Crippen LogP contribution in [0.25, 0.3) is 10.9 Å². The second-order valence-electron chi connectivity index (χ2n) is 6.56. The van der Waals surface area contributed by atoms with E-state index in [9.17, 15) is 14.4 Å². The third-order valence-corrected chi connectivity index (χ3v) is 4.78. The average Bonchev–Trinajstić information content (AvgIpc) is 2.67. The van der Waals surface area contributed by atoms with Gasteiger partial charge in [-0.15, -0.1) is 0 Å². The molecule has 0 radical (unpaired) electrons. The van der Waals surface area contributed by atoms with Crippen molar-refractivity contribution in [2.45, 2.75) is 46.1 Å². The lowest BCUT2D eigenvalue weighted by Gasteiger charge is -2.29. The van der Waals surface area contributed by atoms with Crippen molar-refractivity contribution in [3.05, 3.63) is 39.4 Å². The largest absolute Gasteiger partial charge is 0.466 e. The Kier molecular flexibility index (Phi) is 7.57. The number of fused-ring (bicyclic) bond motifs is 1. The van der Waals surface area contributed by atoms with Crippen molar-refractivity contribution in [3.63, 3.8) is 0 Å². The molecule has 1 unspecified atom stereocenters. The topological polar surface area (TPSA) is 81.5 Å². The zero-order valence-electron chi connectivity index (χ0n) is 16.7. The van der Waals surface area contributed by atoms with E-state index in [1.807, 2.05) is 13.8 Å². The van der Waals surface area contributed by atoms with E-state index < -0.39 is 12.0 Å². The predicted octanol–water partition coefficient (Wildman–Crippen LogP) is 3.23. The van der Waals surface area contributed by atoms with Crippen molar-refractivity contribution < 1.29 is 14.3 Å². The highest BCUT2D eigenvalue weighted by atomic mass is 35.5. The van der Waals surface area contributed by atoms with E-state index in [-0.39, 0.29) is 30.9 Å². The molecular formula is C20H26ClN3O4. The van der Waals surface area contributed by atoms with Gasteiger partial charge in [-0.25, -0.2) is 4.98 Å². The van der Waals surface area contributed by atoms with Gasteiger partial charge in [0.05, 0.1) is 30.0 Å². The summed E-state index contributed by atoms with van der Waals surface area (Å²) < 4.78 is 6.34. The molecule has 1 aromatic heterocycles. The van der Waals surface area contributed by atoms with Gasteiger partial charge in [-0.3, -0.25) is 19.0 Å². The minimum atomic E-state index is -0.424. The summed E-state index contributed by atoms with van der Waals surface area (Å²) in [5.74, 6) is -0.0846. The summed E-state index contributed by atoms with van der Waals surface area (Å²) in [5, 5.41) is 0.899. The van der Waals surface area contributed by atoms with Crippen LogP contribution in [0.15, 0.2) is 23.0 Å². The van der Waals surface area contributed by atoms with Crippen molar-refractivity contribution in [1.29, 1.82) is 0 Å². The van der Waals surface area contributed by atoms with E-state index in [1.165, 1.54) is 4.57 Å². The molecule has 152 valence electrons. The molecule has 0 N–H and O–H groups in total. The molecule has 2 aromatic rings. The van der Waals surface area contributed by atoms with Crippen LogP contribution in [-0.4, -0.2) is 39.5 Å². The zero-order chi connectivity index (χ0) is 20.8. The Hall–Kier alpha value is -2.41. The number of ether oxygens (including phenoxy) is 1. The maximum atomic E-state index is 12.7. The number of carbonyl (C=O) groups excluding carboxylic acids is 2. The molecule has 7 nitrogen and oxygen atoms in total. The summed E-state index contributed by atoms with van der Waals surface area (Å²) in [4.78, 5) is 43.3. The number of benzene rings is 1. The van der Waals surface area contributed by atoms with Crippen molar-refractivity contribution in [2.24, 2.45) is 7.05 Å². The molecule has 1 aromatic carbocycles. The Bertz CT molecular complexity index is 926. The van der Waals surface area contributed by atoms with Crippen LogP contribution < -0.4 is 5.56 Å². The van der Waals surface area contributed by atoms with E-state index in [1.54, 1.807) is 37.1 Å². The van der Waals surface area contributed by atoms with Crippen LogP contribution in [0.3, 0.4) is 0 Å². The number of carbonyl (C=O) groups is 2. The molecule has 0 spiro atoms. The highest BCUT2D eigenvalue weighted by Gasteiger charge is 2.25. The molecule has 1 heterocycles. The van der Waals surface area contributed by atoms with Gasteiger partial charge in [-0.2, -0.15) is 0 Å². The third-order valence-electron chi connectivity index (χ3n) is 4.55. The van der Waals surface area contributed by atoms with E-state index in [2.05, 4.69) is 4.98 Å². The lowest BCUT2D eigenvalue weighted by Crippen LogP contribution is -2.37. The molecular weight excluding hydrogens is 382 g/mol. The normalized spacial score (nSPS) is 12.0. The van der Waals surface area contributed by atoms with Gasteiger partial charge in [0, 0.05) is 25.0 Å². The maximum absolute atomic E-state index is 12.7. The minimum Gasteiger partial charge on any atom is -0.466 e. The number of rotatable bonds is 8. The quantitative estimate of drug-likeness (QED) is 0.627. The molecule has 0 saturated carbocycles. The van der Waals surface area contributed by atoms with Crippen LogP contribution in [0, 0.1) is 0 Å². The van der Waals surface area contributed by atoms with Gasteiger partial charge in [-0.1, -0.05) is 18.5 Å². The van der Waals surface area contributed by atoms with Gasteiger partial charge in [0.1, 0.15) is 5.82 Å². The fraction of sp³-hybridized carbons (Fsp3) is 0.500. The molecule has 0 fully saturated rings. The lowest BCUT2D eigenvalue weighted by atomic mass is 10.1. The highest BCUT2D eigenvalue weighted by molar-refractivity contribution is 6.31. The first-order chi connectivity index (χ1) is 13.3. The van der Waals surface area contributed by atoms with Gasteiger partial charge >= 0.3 is 5.97 Å².